The molecule has 2 rings (SSSR count). The van der Waals surface area contributed by atoms with E-state index in [-0.39, 0.29) is 14.9 Å². The van der Waals surface area contributed by atoms with E-state index in [4.69, 9.17) is 28.5 Å². The van der Waals surface area contributed by atoms with Crippen LogP contribution in [0.5, 0.6) is 0 Å². The van der Waals surface area contributed by atoms with Crippen molar-refractivity contribution in [2.24, 2.45) is 0 Å². The number of hydrogen-bond acceptors (Lipinski definition) is 4. The van der Waals surface area contributed by atoms with Gasteiger partial charge in [0.2, 0.25) is 0 Å². The van der Waals surface area contributed by atoms with Gasteiger partial charge in [0.05, 0.1) is 38.1 Å². The highest BCUT2D eigenvalue weighted by molar-refractivity contribution is 7.72. The first-order valence-corrected chi connectivity index (χ1v) is 6.97. The molecule has 0 atom stereocenters. The maximum absolute atomic E-state index is 11.0. The van der Waals surface area contributed by atoms with Gasteiger partial charge in [-0.2, -0.15) is 10.4 Å². The maximum Gasteiger partial charge on any atom is 0.169 e. The van der Waals surface area contributed by atoms with Crippen molar-refractivity contribution in [3.05, 3.63) is 39.6 Å². The van der Waals surface area contributed by atoms with E-state index in [1.165, 1.54) is 23.0 Å². The zero-order valence-electron chi connectivity index (χ0n) is 9.59. The molecule has 0 aliphatic rings. The fraction of sp³-hybridized carbons (Fsp3) is 0.0909. The van der Waals surface area contributed by atoms with Crippen molar-refractivity contribution in [3.8, 4) is 11.8 Å². The second-order valence-corrected chi connectivity index (χ2v) is 5.49. The molecule has 1 aromatic heterocycles. The van der Waals surface area contributed by atoms with E-state index in [1.807, 2.05) is 6.07 Å². The van der Waals surface area contributed by atoms with E-state index < -0.39 is 10.7 Å². The van der Waals surface area contributed by atoms with E-state index in [0.717, 1.165) is 0 Å². The highest BCUT2D eigenvalue weighted by Crippen LogP contribution is 2.29. The van der Waals surface area contributed by atoms with Crippen LogP contribution in [-0.4, -0.2) is 18.2 Å². The summed E-state index contributed by atoms with van der Waals surface area (Å²) in [6.07, 6.45) is 1.40. The van der Waals surface area contributed by atoms with Crippen LogP contribution in [0.15, 0.2) is 23.2 Å². The number of benzene rings is 1. The standard InChI is InChI=1S/C11H7Cl2N3O2S/c1-6-7(4-14)5-15-16(6)10-2-9(13)11(19(17)18)3-8(10)12/h2-3,5,19H,1H3. The molecule has 1 aromatic carbocycles. The fourth-order valence-corrected chi connectivity index (χ4v) is 2.75. The van der Waals surface area contributed by atoms with E-state index in [9.17, 15) is 8.42 Å². The lowest BCUT2D eigenvalue weighted by atomic mass is 10.2. The van der Waals surface area contributed by atoms with Gasteiger partial charge < -0.3 is 0 Å². The van der Waals surface area contributed by atoms with Crippen molar-refractivity contribution in [1.82, 2.24) is 9.78 Å². The van der Waals surface area contributed by atoms with Gasteiger partial charge >= 0.3 is 0 Å². The normalized spacial score (nSPS) is 10.7. The van der Waals surface area contributed by atoms with E-state index >= 15 is 0 Å². The van der Waals surface area contributed by atoms with Gasteiger partial charge in [-0.3, -0.25) is 0 Å². The fourth-order valence-electron chi connectivity index (χ4n) is 1.59. The van der Waals surface area contributed by atoms with E-state index in [0.29, 0.717) is 16.9 Å². The van der Waals surface area contributed by atoms with Crippen molar-refractivity contribution in [1.29, 1.82) is 5.26 Å². The van der Waals surface area contributed by atoms with Crippen LogP contribution in [0, 0.1) is 18.3 Å². The molecule has 0 bridgehead atoms. The highest BCUT2D eigenvalue weighted by Gasteiger charge is 2.14. The summed E-state index contributed by atoms with van der Waals surface area (Å²) in [5, 5.41) is 13.2. The largest absolute Gasteiger partial charge is 0.235 e. The van der Waals surface area contributed by atoms with Gasteiger partial charge in [0.1, 0.15) is 6.07 Å². The minimum absolute atomic E-state index is 0.0456. The molecule has 0 amide bonds. The number of hydrogen-bond donors (Lipinski definition) is 1. The Bertz CT molecular complexity index is 767. The molecule has 8 heteroatoms. The molecule has 0 radical (unpaired) electrons. The lowest BCUT2D eigenvalue weighted by Gasteiger charge is -2.08. The molecule has 0 fully saturated rings. The lowest BCUT2D eigenvalue weighted by Crippen LogP contribution is -2.01. The quantitative estimate of drug-likeness (QED) is 0.863. The third kappa shape index (κ3) is 2.45. The van der Waals surface area contributed by atoms with Gasteiger partial charge in [0.15, 0.2) is 10.7 Å². The van der Waals surface area contributed by atoms with Crippen molar-refractivity contribution in [3.63, 3.8) is 0 Å². The minimum atomic E-state index is -2.82. The molecule has 19 heavy (non-hydrogen) atoms. The Morgan fingerprint density at radius 3 is 2.53 bits per heavy atom. The summed E-state index contributed by atoms with van der Waals surface area (Å²) in [6.45, 7) is 1.71. The Kier molecular flexibility index (Phi) is 3.80. The summed E-state index contributed by atoms with van der Waals surface area (Å²) in [4.78, 5) is -0.0456. The Labute approximate surface area is 120 Å². The second-order valence-electron chi connectivity index (χ2n) is 3.68. The molecule has 0 spiro atoms. The molecule has 0 unspecified atom stereocenters. The van der Waals surface area contributed by atoms with Crippen LogP contribution < -0.4 is 0 Å². The highest BCUT2D eigenvalue weighted by atomic mass is 35.5. The minimum Gasteiger partial charge on any atom is -0.235 e. The van der Waals surface area contributed by atoms with Crippen LogP contribution in [0.25, 0.3) is 5.69 Å². The third-order valence-corrected chi connectivity index (χ3v) is 4.08. The van der Waals surface area contributed by atoms with Crippen molar-refractivity contribution in [2.45, 2.75) is 11.8 Å². The van der Waals surface area contributed by atoms with Crippen molar-refractivity contribution in [2.75, 3.05) is 0 Å². The summed E-state index contributed by atoms with van der Waals surface area (Å²) in [5.41, 5.74) is 1.43. The van der Waals surface area contributed by atoms with Gasteiger partial charge in [0, 0.05) is 0 Å². The first-order chi connectivity index (χ1) is 8.95. The van der Waals surface area contributed by atoms with Crippen molar-refractivity contribution < 1.29 is 8.42 Å². The molecule has 98 valence electrons. The van der Waals surface area contributed by atoms with Crippen LogP contribution in [-0.2, 0) is 10.7 Å². The van der Waals surface area contributed by atoms with Crippen LogP contribution in [0.3, 0.4) is 0 Å². The zero-order valence-corrected chi connectivity index (χ0v) is 12.0. The first-order valence-electron chi connectivity index (χ1n) is 5.04. The molecule has 0 aliphatic heterocycles. The molecule has 5 nitrogen and oxygen atoms in total. The Morgan fingerprint density at radius 1 is 1.32 bits per heavy atom. The van der Waals surface area contributed by atoms with Crippen LogP contribution in [0.4, 0.5) is 0 Å². The molecule has 0 aliphatic carbocycles. The molecule has 0 saturated heterocycles. The first kappa shape index (κ1) is 13.9. The van der Waals surface area contributed by atoms with Crippen molar-refractivity contribution >= 4 is 33.9 Å². The lowest BCUT2D eigenvalue weighted by molar-refractivity contribution is 0.614. The average molecular weight is 316 g/mol. The monoisotopic (exact) mass is 315 g/mol. The summed E-state index contributed by atoms with van der Waals surface area (Å²) >= 11 is 11.9. The molecule has 1 heterocycles. The zero-order chi connectivity index (χ0) is 14.2. The van der Waals surface area contributed by atoms with Gasteiger partial charge in [-0.1, -0.05) is 23.2 Å². The number of thiol groups is 1. The number of aromatic nitrogens is 2. The Morgan fingerprint density at radius 2 is 2.00 bits per heavy atom. The topological polar surface area (TPSA) is 75.8 Å². The van der Waals surface area contributed by atoms with Gasteiger partial charge in [-0.25, -0.2) is 13.1 Å². The van der Waals surface area contributed by atoms with Gasteiger partial charge in [0.25, 0.3) is 0 Å². The van der Waals surface area contributed by atoms with Crippen LogP contribution in [0.1, 0.15) is 11.3 Å². The SMILES string of the molecule is Cc1c(C#N)cnn1-c1cc(Cl)c([SH](=O)=O)cc1Cl. The number of rotatable bonds is 2. The maximum atomic E-state index is 11.0. The number of nitrogens with zero attached hydrogens (tertiary/aromatic N) is 3. The van der Waals surface area contributed by atoms with E-state index in [2.05, 4.69) is 5.10 Å². The predicted molar refractivity (Wildman–Crippen MR) is 71.6 cm³/mol. The van der Waals surface area contributed by atoms with Gasteiger partial charge in [-0.15, -0.1) is 0 Å². The van der Waals surface area contributed by atoms with Gasteiger partial charge in [-0.05, 0) is 19.1 Å². The molecule has 2 aromatic rings. The number of halogens is 2. The summed E-state index contributed by atoms with van der Waals surface area (Å²) in [7, 11) is -2.82. The Balaban J connectivity index is 2.67. The summed E-state index contributed by atoms with van der Waals surface area (Å²) in [6, 6.07) is 4.66. The molecular formula is C11H7Cl2N3O2S. The number of nitriles is 1. The summed E-state index contributed by atoms with van der Waals surface area (Å²) < 4.78 is 23.4. The predicted octanol–water partition coefficient (Wildman–Crippen LogP) is 2.33. The van der Waals surface area contributed by atoms with Crippen LogP contribution >= 0.6 is 23.2 Å². The van der Waals surface area contributed by atoms with Crippen LogP contribution in [0.2, 0.25) is 10.0 Å². The molecule has 0 N–H and O–H groups in total. The molecule has 0 saturated carbocycles. The summed E-state index contributed by atoms with van der Waals surface area (Å²) in [5.74, 6) is 0. The second kappa shape index (κ2) is 5.21. The van der Waals surface area contributed by atoms with E-state index in [1.54, 1.807) is 6.92 Å². The Hall–Kier alpha value is -1.55. The smallest absolute Gasteiger partial charge is 0.169 e. The third-order valence-electron chi connectivity index (χ3n) is 2.57. The average Bonchev–Trinajstić information content (AvgIpc) is 2.72. The molecular weight excluding hydrogens is 309 g/mol.